The monoisotopic (exact) mass is 194 g/mol. The Morgan fingerprint density at radius 3 is 2.62 bits per heavy atom. The first-order chi connectivity index (χ1) is 6.29. The third kappa shape index (κ3) is 1.40. The summed E-state index contributed by atoms with van der Waals surface area (Å²) in [4.78, 5) is 8.06. The summed E-state index contributed by atoms with van der Waals surface area (Å²) >= 11 is 5.87. The number of hydrogen-bond donors (Lipinski definition) is 0. The van der Waals surface area contributed by atoms with E-state index in [4.69, 9.17) is 11.6 Å². The number of nitrogens with zero attached hydrogens (tertiary/aromatic N) is 4. The molecular weight excluding hydrogens is 188 g/mol. The van der Waals surface area contributed by atoms with Crippen molar-refractivity contribution in [1.29, 1.82) is 0 Å². The largest absolute Gasteiger partial charge is 0.266 e. The Morgan fingerprint density at radius 2 is 2.00 bits per heavy atom. The van der Waals surface area contributed by atoms with Gasteiger partial charge in [0, 0.05) is 25.6 Å². The molecule has 2 rings (SSSR count). The molecule has 4 nitrogen and oxygen atoms in total. The Kier molecular flexibility index (Phi) is 1.98. The molecule has 0 aliphatic heterocycles. The predicted octanol–water partition coefficient (Wildman–Crippen LogP) is 1.53. The van der Waals surface area contributed by atoms with Gasteiger partial charge in [0.05, 0.1) is 5.69 Å². The van der Waals surface area contributed by atoms with Crippen LogP contribution in [0.2, 0.25) is 5.15 Å². The lowest BCUT2D eigenvalue weighted by atomic mass is 10.3. The normalized spacial score (nSPS) is 10.3. The molecule has 0 saturated heterocycles. The van der Waals surface area contributed by atoms with E-state index in [2.05, 4.69) is 15.1 Å². The van der Waals surface area contributed by atoms with Crippen LogP contribution in [-0.4, -0.2) is 19.7 Å². The van der Waals surface area contributed by atoms with E-state index in [1.54, 1.807) is 23.3 Å². The number of halogens is 1. The van der Waals surface area contributed by atoms with E-state index in [1.807, 2.05) is 13.1 Å². The van der Waals surface area contributed by atoms with Crippen molar-refractivity contribution in [2.45, 2.75) is 0 Å². The third-order valence-electron chi connectivity index (χ3n) is 1.72. The zero-order chi connectivity index (χ0) is 9.26. The van der Waals surface area contributed by atoms with Crippen LogP contribution in [0.1, 0.15) is 0 Å². The summed E-state index contributed by atoms with van der Waals surface area (Å²) in [6, 6.07) is 1.84. The van der Waals surface area contributed by atoms with E-state index < -0.39 is 0 Å². The molecule has 13 heavy (non-hydrogen) atoms. The number of aromatic nitrogens is 4. The molecule has 0 atom stereocenters. The minimum absolute atomic E-state index is 0.395. The van der Waals surface area contributed by atoms with Crippen LogP contribution in [0.25, 0.3) is 11.4 Å². The van der Waals surface area contributed by atoms with Crippen LogP contribution < -0.4 is 0 Å². The van der Waals surface area contributed by atoms with Gasteiger partial charge in [-0.05, 0) is 6.07 Å². The van der Waals surface area contributed by atoms with E-state index in [1.165, 1.54) is 0 Å². The molecule has 0 aliphatic rings. The van der Waals surface area contributed by atoms with Crippen LogP contribution in [0.15, 0.2) is 24.7 Å². The van der Waals surface area contributed by atoms with E-state index in [-0.39, 0.29) is 0 Å². The van der Waals surface area contributed by atoms with Gasteiger partial charge in [0.25, 0.3) is 0 Å². The standard InChI is InChI=1S/C8H7ClN4/c1-13-6(2-3-12-13)7-8(9)11-5-4-10-7/h2-5H,1H3. The van der Waals surface area contributed by atoms with Gasteiger partial charge in [-0.1, -0.05) is 11.6 Å². The Bertz CT molecular complexity index is 424. The molecule has 0 aliphatic carbocycles. The highest BCUT2D eigenvalue weighted by Gasteiger charge is 2.08. The third-order valence-corrected chi connectivity index (χ3v) is 1.99. The highest BCUT2D eigenvalue weighted by Crippen LogP contribution is 2.21. The first-order valence-electron chi connectivity index (χ1n) is 3.74. The maximum Gasteiger partial charge on any atom is 0.156 e. The van der Waals surface area contributed by atoms with Crippen molar-refractivity contribution in [3.8, 4) is 11.4 Å². The molecule has 66 valence electrons. The summed E-state index contributed by atoms with van der Waals surface area (Å²) in [7, 11) is 1.83. The maximum absolute atomic E-state index is 5.87. The van der Waals surface area contributed by atoms with Gasteiger partial charge in [0.15, 0.2) is 5.15 Å². The lowest BCUT2D eigenvalue weighted by Gasteiger charge is -2.01. The number of aryl methyl sites for hydroxylation is 1. The Hall–Kier alpha value is -1.42. The lowest BCUT2D eigenvalue weighted by molar-refractivity contribution is 0.772. The van der Waals surface area contributed by atoms with Crippen LogP contribution in [-0.2, 0) is 7.05 Å². The van der Waals surface area contributed by atoms with Crippen molar-refractivity contribution in [1.82, 2.24) is 19.7 Å². The molecule has 2 aromatic rings. The summed E-state index contributed by atoms with van der Waals surface area (Å²) in [5, 5.41) is 4.42. The Labute approximate surface area is 80.2 Å². The van der Waals surface area contributed by atoms with Gasteiger partial charge < -0.3 is 0 Å². The number of hydrogen-bond acceptors (Lipinski definition) is 3. The van der Waals surface area contributed by atoms with Gasteiger partial charge >= 0.3 is 0 Å². The van der Waals surface area contributed by atoms with E-state index in [9.17, 15) is 0 Å². The van der Waals surface area contributed by atoms with Crippen molar-refractivity contribution in [2.75, 3.05) is 0 Å². The summed E-state index contributed by atoms with van der Waals surface area (Å²) in [6.07, 6.45) is 4.86. The van der Waals surface area contributed by atoms with Gasteiger partial charge in [0.2, 0.25) is 0 Å². The van der Waals surface area contributed by atoms with E-state index >= 15 is 0 Å². The highest BCUT2D eigenvalue weighted by atomic mass is 35.5. The zero-order valence-electron chi connectivity index (χ0n) is 6.98. The smallest absolute Gasteiger partial charge is 0.156 e. The molecule has 2 heterocycles. The summed E-state index contributed by atoms with van der Waals surface area (Å²) in [6.45, 7) is 0. The van der Waals surface area contributed by atoms with Gasteiger partial charge in [0.1, 0.15) is 5.69 Å². The first kappa shape index (κ1) is 8.19. The Balaban J connectivity index is 2.59. The lowest BCUT2D eigenvalue weighted by Crippen LogP contribution is -1.96. The predicted molar refractivity (Wildman–Crippen MR) is 49.2 cm³/mol. The second kappa shape index (κ2) is 3.14. The SMILES string of the molecule is Cn1nccc1-c1nccnc1Cl. The zero-order valence-corrected chi connectivity index (χ0v) is 7.73. The fraction of sp³-hybridized carbons (Fsp3) is 0.125. The molecule has 0 spiro atoms. The molecule has 0 fully saturated rings. The van der Waals surface area contributed by atoms with Crippen molar-refractivity contribution >= 4 is 11.6 Å². The molecule has 5 heteroatoms. The van der Waals surface area contributed by atoms with Crippen LogP contribution in [0.4, 0.5) is 0 Å². The van der Waals surface area contributed by atoms with Gasteiger partial charge in [-0.25, -0.2) is 9.97 Å². The maximum atomic E-state index is 5.87. The molecule has 2 aromatic heterocycles. The summed E-state index contributed by atoms with van der Waals surface area (Å²) < 4.78 is 1.70. The van der Waals surface area contributed by atoms with Gasteiger partial charge in [-0.15, -0.1) is 0 Å². The molecular formula is C8H7ClN4. The minimum atomic E-state index is 0.395. The average molecular weight is 195 g/mol. The molecule has 0 aromatic carbocycles. The van der Waals surface area contributed by atoms with Crippen LogP contribution in [0.3, 0.4) is 0 Å². The second-order valence-corrected chi connectivity index (χ2v) is 2.89. The van der Waals surface area contributed by atoms with Crippen molar-refractivity contribution in [3.05, 3.63) is 29.8 Å². The van der Waals surface area contributed by atoms with Gasteiger partial charge in [-0.2, -0.15) is 5.10 Å². The fourth-order valence-corrected chi connectivity index (χ4v) is 1.30. The molecule has 0 saturated carbocycles. The van der Waals surface area contributed by atoms with Crippen LogP contribution >= 0.6 is 11.6 Å². The van der Waals surface area contributed by atoms with Crippen LogP contribution in [0.5, 0.6) is 0 Å². The Morgan fingerprint density at radius 1 is 1.23 bits per heavy atom. The van der Waals surface area contributed by atoms with Crippen LogP contribution in [0, 0.1) is 0 Å². The van der Waals surface area contributed by atoms with Crippen molar-refractivity contribution in [2.24, 2.45) is 7.05 Å². The molecule has 0 N–H and O–H groups in total. The summed E-state index contributed by atoms with van der Waals surface area (Å²) in [5.41, 5.74) is 1.52. The topological polar surface area (TPSA) is 43.6 Å². The van der Waals surface area contributed by atoms with Crippen molar-refractivity contribution < 1.29 is 0 Å². The molecule has 0 unspecified atom stereocenters. The van der Waals surface area contributed by atoms with E-state index in [0.717, 1.165) is 5.69 Å². The van der Waals surface area contributed by atoms with Crippen molar-refractivity contribution in [3.63, 3.8) is 0 Å². The number of rotatable bonds is 1. The van der Waals surface area contributed by atoms with Gasteiger partial charge in [-0.3, -0.25) is 4.68 Å². The summed E-state index contributed by atoms with van der Waals surface area (Å²) in [5.74, 6) is 0. The second-order valence-electron chi connectivity index (χ2n) is 2.54. The quantitative estimate of drug-likeness (QED) is 0.692. The fourth-order valence-electron chi connectivity index (χ4n) is 1.10. The highest BCUT2D eigenvalue weighted by molar-refractivity contribution is 6.31. The minimum Gasteiger partial charge on any atom is -0.266 e. The molecule has 0 bridgehead atoms. The average Bonchev–Trinajstić information content (AvgIpc) is 2.52. The molecule has 0 amide bonds. The first-order valence-corrected chi connectivity index (χ1v) is 4.11. The van der Waals surface area contributed by atoms with E-state index in [0.29, 0.717) is 10.8 Å². The molecule has 0 radical (unpaired) electrons.